The summed E-state index contributed by atoms with van der Waals surface area (Å²) in [5, 5.41) is 4.72. The fourth-order valence-corrected chi connectivity index (χ4v) is 3.40. The molecular weight excluding hydrogens is 266 g/mol. The van der Waals surface area contributed by atoms with E-state index in [1.807, 2.05) is 17.5 Å². The van der Waals surface area contributed by atoms with Crippen LogP contribution in [0.15, 0.2) is 6.20 Å². The van der Waals surface area contributed by atoms with Crippen molar-refractivity contribution < 1.29 is 0 Å². The van der Waals surface area contributed by atoms with Crippen LogP contribution in [-0.2, 0) is 6.54 Å². The summed E-state index contributed by atoms with van der Waals surface area (Å²) < 4.78 is 0. The van der Waals surface area contributed by atoms with Gasteiger partial charge < -0.3 is 10.2 Å². The first-order valence-corrected chi connectivity index (χ1v) is 8.41. The Bertz CT molecular complexity index is 439. The van der Waals surface area contributed by atoms with Gasteiger partial charge >= 0.3 is 0 Å². The molecule has 0 bridgehead atoms. The highest BCUT2D eigenvalue weighted by Gasteiger charge is 2.32. The maximum Gasteiger partial charge on any atom is 0.185 e. The molecule has 1 fully saturated rings. The Balaban J connectivity index is 1.93. The minimum absolute atomic E-state index is 0.162. The van der Waals surface area contributed by atoms with Crippen LogP contribution in [0.2, 0.25) is 0 Å². The molecule has 3 nitrogen and oxygen atoms in total. The van der Waals surface area contributed by atoms with E-state index in [1.54, 1.807) is 0 Å². The average Bonchev–Trinajstić information content (AvgIpc) is 2.93. The van der Waals surface area contributed by atoms with Crippen LogP contribution in [0.5, 0.6) is 0 Å². The maximum absolute atomic E-state index is 4.62. The lowest BCUT2D eigenvalue weighted by molar-refractivity contribution is 0.263. The second-order valence-electron chi connectivity index (χ2n) is 8.01. The summed E-state index contributed by atoms with van der Waals surface area (Å²) in [5.74, 6) is 0.780. The van der Waals surface area contributed by atoms with E-state index in [4.69, 9.17) is 0 Å². The topological polar surface area (TPSA) is 28.2 Å². The van der Waals surface area contributed by atoms with Gasteiger partial charge in [0.15, 0.2) is 5.13 Å². The molecule has 0 saturated carbocycles. The lowest BCUT2D eigenvalue weighted by Crippen LogP contribution is -2.34. The maximum atomic E-state index is 4.62. The first-order valence-electron chi connectivity index (χ1n) is 7.60. The molecule has 0 radical (unpaired) electrons. The summed E-state index contributed by atoms with van der Waals surface area (Å²) in [7, 11) is 0. The predicted octanol–water partition coefficient (Wildman–Crippen LogP) is 3.90. The fraction of sp³-hybridized carbons (Fsp3) is 0.812. The molecule has 1 unspecified atom stereocenters. The van der Waals surface area contributed by atoms with Crippen molar-refractivity contribution >= 4 is 16.5 Å². The quantitative estimate of drug-likeness (QED) is 0.916. The van der Waals surface area contributed by atoms with Gasteiger partial charge in [-0.05, 0) is 38.5 Å². The molecule has 4 heteroatoms. The average molecular weight is 295 g/mol. The smallest absolute Gasteiger partial charge is 0.185 e. The van der Waals surface area contributed by atoms with E-state index in [1.165, 1.54) is 16.4 Å². The van der Waals surface area contributed by atoms with Crippen molar-refractivity contribution in [3.05, 3.63) is 11.1 Å². The number of hydrogen-bond acceptors (Lipinski definition) is 4. The van der Waals surface area contributed by atoms with E-state index < -0.39 is 0 Å². The lowest BCUT2D eigenvalue weighted by atomic mass is 9.80. The van der Waals surface area contributed by atoms with Gasteiger partial charge in [-0.15, -0.1) is 11.3 Å². The van der Waals surface area contributed by atoms with Gasteiger partial charge in [0.05, 0.1) is 0 Å². The van der Waals surface area contributed by atoms with Crippen molar-refractivity contribution in [2.24, 2.45) is 11.3 Å². The van der Waals surface area contributed by atoms with Crippen LogP contribution in [0, 0.1) is 11.3 Å². The minimum atomic E-state index is 0.162. The second-order valence-corrected chi connectivity index (χ2v) is 9.10. The Hall–Kier alpha value is -0.610. The summed E-state index contributed by atoms with van der Waals surface area (Å²) >= 11 is 1.84. The molecule has 0 amide bonds. The highest BCUT2D eigenvalue weighted by atomic mass is 32.1. The van der Waals surface area contributed by atoms with E-state index in [2.05, 4.69) is 56.7 Å². The predicted molar refractivity (Wildman–Crippen MR) is 88.5 cm³/mol. The van der Waals surface area contributed by atoms with Crippen LogP contribution in [0.1, 0.15) is 52.8 Å². The Labute approximate surface area is 127 Å². The molecule has 0 aromatic carbocycles. The number of nitrogens with one attached hydrogen (secondary N) is 1. The van der Waals surface area contributed by atoms with Crippen LogP contribution in [0.4, 0.5) is 5.13 Å². The number of hydrogen-bond donors (Lipinski definition) is 1. The van der Waals surface area contributed by atoms with Crippen LogP contribution in [-0.4, -0.2) is 23.6 Å². The van der Waals surface area contributed by atoms with Gasteiger partial charge in [-0.1, -0.05) is 20.8 Å². The largest absolute Gasteiger partial charge is 0.348 e. The third-order valence-electron chi connectivity index (χ3n) is 4.02. The summed E-state index contributed by atoms with van der Waals surface area (Å²) in [6, 6.07) is 0. The Morgan fingerprint density at radius 1 is 1.30 bits per heavy atom. The highest BCUT2D eigenvalue weighted by molar-refractivity contribution is 7.15. The molecule has 1 saturated heterocycles. The van der Waals surface area contributed by atoms with Crippen molar-refractivity contribution in [3.63, 3.8) is 0 Å². The van der Waals surface area contributed by atoms with Crippen molar-refractivity contribution in [3.8, 4) is 0 Å². The third kappa shape index (κ3) is 4.19. The molecule has 1 aliphatic heterocycles. The number of aromatic nitrogens is 1. The molecule has 0 spiro atoms. The first-order chi connectivity index (χ1) is 9.15. The molecular formula is C16H29N3S. The van der Waals surface area contributed by atoms with Gasteiger partial charge in [-0.3, -0.25) is 0 Å². The van der Waals surface area contributed by atoms with Gasteiger partial charge in [0, 0.05) is 36.2 Å². The Morgan fingerprint density at radius 2 is 2.00 bits per heavy atom. The summed E-state index contributed by atoms with van der Waals surface area (Å²) in [5.41, 5.74) is 0.567. The number of rotatable bonds is 3. The van der Waals surface area contributed by atoms with E-state index in [0.29, 0.717) is 5.41 Å². The second kappa shape index (κ2) is 5.64. The molecule has 2 rings (SSSR count). The molecule has 1 aromatic heterocycles. The molecule has 20 heavy (non-hydrogen) atoms. The third-order valence-corrected chi connectivity index (χ3v) is 5.08. The van der Waals surface area contributed by atoms with E-state index in [-0.39, 0.29) is 5.54 Å². The highest BCUT2D eigenvalue weighted by Crippen LogP contribution is 2.36. The molecule has 1 aliphatic rings. The number of nitrogens with zero attached hydrogens (tertiary/aromatic N) is 2. The van der Waals surface area contributed by atoms with Gasteiger partial charge in [0.1, 0.15) is 0 Å². The number of thiazole rings is 1. The number of anilines is 1. The molecule has 1 atom stereocenters. The normalized spacial score (nSPS) is 20.7. The van der Waals surface area contributed by atoms with Crippen molar-refractivity contribution in [1.82, 2.24) is 10.3 Å². The van der Waals surface area contributed by atoms with Gasteiger partial charge in [-0.25, -0.2) is 4.98 Å². The fourth-order valence-electron chi connectivity index (χ4n) is 2.52. The summed E-state index contributed by atoms with van der Waals surface area (Å²) in [6.45, 7) is 16.9. The van der Waals surface area contributed by atoms with E-state index >= 15 is 0 Å². The van der Waals surface area contributed by atoms with Crippen LogP contribution in [0.3, 0.4) is 0 Å². The zero-order valence-corrected chi connectivity index (χ0v) is 14.6. The Kier molecular flexibility index (Phi) is 4.45. The van der Waals surface area contributed by atoms with Gasteiger partial charge in [0.25, 0.3) is 0 Å². The zero-order valence-electron chi connectivity index (χ0n) is 13.8. The monoisotopic (exact) mass is 295 g/mol. The summed E-state index contributed by atoms with van der Waals surface area (Å²) in [6.07, 6.45) is 3.32. The van der Waals surface area contributed by atoms with Crippen molar-refractivity contribution in [2.45, 2.75) is 60.0 Å². The Morgan fingerprint density at radius 3 is 2.55 bits per heavy atom. The molecule has 1 aromatic rings. The zero-order chi connectivity index (χ0) is 15.0. The van der Waals surface area contributed by atoms with Gasteiger partial charge in [0.2, 0.25) is 0 Å². The van der Waals surface area contributed by atoms with Crippen molar-refractivity contribution in [2.75, 3.05) is 18.0 Å². The van der Waals surface area contributed by atoms with E-state index in [0.717, 1.165) is 25.6 Å². The summed E-state index contributed by atoms with van der Waals surface area (Å²) in [4.78, 5) is 8.41. The lowest BCUT2D eigenvalue weighted by Gasteiger charge is -2.26. The molecule has 1 N–H and O–H groups in total. The van der Waals surface area contributed by atoms with E-state index in [9.17, 15) is 0 Å². The van der Waals surface area contributed by atoms with Crippen molar-refractivity contribution in [1.29, 1.82) is 0 Å². The van der Waals surface area contributed by atoms with Crippen LogP contribution in [0.25, 0.3) is 0 Å². The SMILES string of the molecule is CC(C)(C)NCc1cnc(N2CCC(C(C)(C)C)C2)s1. The van der Waals surface area contributed by atoms with Gasteiger partial charge in [-0.2, -0.15) is 0 Å². The van der Waals surface area contributed by atoms with Crippen LogP contribution >= 0.6 is 11.3 Å². The van der Waals surface area contributed by atoms with Crippen LogP contribution < -0.4 is 10.2 Å². The molecule has 0 aliphatic carbocycles. The standard InChI is InChI=1S/C16H29N3S/c1-15(2,3)12-7-8-19(11-12)14-17-9-13(20-14)10-18-16(4,5)6/h9,12,18H,7-8,10-11H2,1-6H3. The molecule has 114 valence electrons. The molecule has 2 heterocycles. The minimum Gasteiger partial charge on any atom is -0.348 e. The first kappa shape index (κ1) is 15.8.